The lowest BCUT2D eigenvalue weighted by atomic mass is 9.97. The average Bonchev–Trinajstić information content (AvgIpc) is 3.14. The molecule has 2 aliphatic rings. The molecule has 0 aliphatic carbocycles. The van der Waals surface area contributed by atoms with Crippen molar-refractivity contribution in [3.8, 4) is 0 Å². The van der Waals surface area contributed by atoms with Gasteiger partial charge in [-0.3, -0.25) is 9.59 Å². The molecule has 0 spiro atoms. The van der Waals surface area contributed by atoms with Gasteiger partial charge in [0.25, 0.3) is 5.91 Å². The Labute approximate surface area is 183 Å². The van der Waals surface area contributed by atoms with E-state index in [0.717, 1.165) is 35.2 Å². The number of carbonyl (C=O) groups is 2. The first-order valence-electron chi connectivity index (χ1n) is 10.9. The van der Waals surface area contributed by atoms with Gasteiger partial charge in [0.1, 0.15) is 0 Å². The fourth-order valence-electron chi connectivity index (χ4n) is 4.73. The first-order chi connectivity index (χ1) is 15.1. The van der Waals surface area contributed by atoms with E-state index >= 15 is 0 Å². The van der Waals surface area contributed by atoms with Crippen molar-refractivity contribution in [2.75, 3.05) is 6.54 Å². The Morgan fingerprint density at radius 3 is 2.29 bits per heavy atom. The Morgan fingerprint density at radius 1 is 0.871 bits per heavy atom. The van der Waals surface area contributed by atoms with Crippen LogP contribution in [0.15, 0.2) is 72.8 Å². The number of carbonyl (C=O) groups excluding carboxylic acids is 2. The van der Waals surface area contributed by atoms with Gasteiger partial charge in [0.05, 0.1) is 12.5 Å². The second-order valence-corrected chi connectivity index (χ2v) is 8.55. The van der Waals surface area contributed by atoms with Crippen LogP contribution in [0.1, 0.15) is 50.6 Å². The van der Waals surface area contributed by atoms with Crippen molar-refractivity contribution in [2.24, 2.45) is 0 Å². The highest BCUT2D eigenvalue weighted by atomic mass is 16.2. The lowest BCUT2D eigenvalue weighted by molar-refractivity contribution is -0.133. The van der Waals surface area contributed by atoms with E-state index in [1.165, 1.54) is 11.1 Å². The molecule has 0 saturated heterocycles. The van der Waals surface area contributed by atoms with Crippen LogP contribution in [0.4, 0.5) is 0 Å². The second-order valence-electron chi connectivity index (χ2n) is 8.55. The largest absolute Gasteiger partial charge is 0.338 e. The molecule has 2 aliphatic heterocycles. The first kappa shape index (κ1) is 19.6. The standard InChI is InChI=1S/C27H26N2O2/c1-19-10-12-21(13-11-19)25(29-18-23-8-4-5-9-24(23)27(29)31)16-26(30)28-15-14-20-6-2-3-7-22(20)17-28/h2-13,25H,14-18H2,1H3/t25-/m0/s1. The van der Waals surface area contributed by atoms with Crippen molar-refractivity contribution in [3.63, 3.8) is 0 Å². The van der Waals surface area contributed by atoms with Gasteiger partial charge in [0.2, 0.25) is 5.91 Å². The van der Waals surface area contributed by atoms with E-state index in [1.807, 2.05) is 47.1 Å². The van der Waals surface area contributed by atoms with Gasteiger partial charge in [-0.15, -0.1) is 0 Å². The van der Waals surface area contributed by atoms with E-state index in [2.05, 4.69) is 42.5 Å². The third kappa shape index (κ3) is 3.74. The van der Waals surface area contributed by atoms with Crippen LogP contribution in [-0.2, 0) is 24.3 Å². The number of nitrogens with zero attached hydrogens (tertiary/aromatic N) is 2. The fraction of sp³-hybridized carbons (Fsp3) is 0.259. The molecule has 1 atom stereocenters. The summed E-state index contributed by atoms with van der Waals surface area (Å²) in [4.78, 5) is 30.4. The zero-order valence-corrected chi connectivity index (χ0v) is 17.8. The molecule has 2 heterocycles. The second kappa shape index (κ2) is 8.03. The van der Waals surface area contributed by atoms with Crippen LogP contribution >= 0.6 is 0 Å². The SMILES string of the molecule is Cc1ccc([C@H](CC(=O)N2CCc3ccccc3C2)N2Cc3ccccc3C2=O)cc1. The summed E-state index contributed by atoms with van der Waals surface area (Å²) in [5.41, 5.74) is 6.50. The molecule has 2 amide bonds. The topological polar surface area (TPSA) is 40.6 Å². The zero-order chi connectivity index (χ0) is 21.4. The number of hydrogen-bond donors (Lipinski definition) is 0. The highest BCUT2D eigenvalue weighted by molar-refractivity contribution is 5.98. The van der Waals surface area contributed by atoms with Crippen LogP contribution in [0.3, 0.4) is 0 Å². The maximum absolute atomic E-state index is 13.4. The minimum Gasteiger partial charge on any atom is -0.338 e. The molecule has 0 bridgehead atoms. The highest BCUT2D eigenvalue weighted by Gasteiger charge is 2.35. The van der Waals surface area contributed by atoms with Crippen LogP contribution in [-0.4, -0.2) is 28.2 Å². The molecular weight excluding hydrogens is 384 g/mol. The summed E-state index contributed by atoms with van der Waals surface area (Å²) in [5, 5.41) is 0. The van der Waals surface area contributed by atoms with Crippen molar-refractivity contribution in [1.82, 2.24) is 9.80 Å². The molecule has 0 fully saturated rings. The number of aryl methyl sites for hydroxylation is 1. The van der Waals surface area contributed by atoms with Gasteiger partial charge in [-0.25, -0.2) is 0 Å². The van der Waals surface area contributed by atoms with Crippen LogP contribution in [0.5, 0.6) is 0 Å². The Hall–Kier alpha value is -3.40. The minimum absolute atomic E-state index is 0.0120. The molecule has 0 saturated carbocycles. The van der Waals surface area contributed by atoms with E-state index in [-0.39, 0.29) is 17.9 Å². The van der Waals surface area contributed by atoms with E-state index < -0.39 is 0 Å². The molecule has 4 nitrogen and oxygen atoms in total. The predicted octanol–water partition coefficient (Wildman–Crippen LogP) is 4.67. The Morgan fingerprint density at radius 2 is 1.55 bits per heavy atom. The molecule has 31 heavy (non-hydrogen) atoms. The lowest BCUT2D eigenvalue weighted by Gasteiger charge is -2.33. The molecule has 0 aromatic heterocycles. The van der Waals surface area contributed by atoms with Crippen LogP contribution in [0.25, 0.3) is 0 Å². The van der Waals surface area contributed by atoms with Gasteiger partial charge in [-0.2, -0.15) is 0 Å². The molecule has 156 valence electrons. The van der Waals surface area contributed by atoms with Crippen molar-refractivity contribution in [1.29, 1.82) is 0 Å². The zero-order valence-electron chi connectivity index (χ0n) is 17.8. The first-order valence-corrected chi connectivity index (χ1v) is 10.9. The van der Waals surface area contributed by atoms with E-state index in [9.17, 15) is 9.59 Å². The summed E-state index contributed by atoms with van der Waals surface area (Å²) < 4.78 is 0. The van der Waals surface area contributed by atoms with Gasteiger partial charge in [-0.1, -0.05) is 72.3 Å². The summed E-state index contributed by atoms with van der Waals surface area (Å²) >= 11 is 0. The monoisotopic (exact) mass is 410 g/mol. The van der Waals surface area contributed by atoms with Crippen molar-refractivity contribution in [2.45, 2.75) is 38.9 Å². The summed E-state index contributed by atoms with van der Waals surface area (Å²) in [5.74, 6) is 0.113. The molecule has 0 radical (unpaired) electrons. The van der Waals surface area contributed by atoms with Gasteiger partial charge >= 0.3 is 0 Å². The number of benzene rings is 3. The van der Waals surface area contributed by atoms with Crippen molar-refractivity contribution >= 4 is 11.8 Å². The summed E-state index contributed by atoms with van der Waals surface area (Å²) in [6, 6.07) is 24.0. The summed E-state index contributed by atoms with van der Waals surface area (Å²) in [6.07, 6.45) is 1.18. The molecule has 0 N–H and O–H groups in total. The normalized spacial score (nSPS) is 16.1. The van der Waals surface area contributed by atoms with Crippen LogP contribution in [0.2, 0.25) is 0 Å². The predicted molar refractivity (Wildman–Crippen MR) is 120 cm³/mol. The van der Waals surface area contributed by atoms with Crippen molar-refractivity contribution in [3.05, 3.63) is 106 Å². The number of hydrogen-bond acceptors (Lipinski definition) is 2. The van der Waals surface area contributed by atoms with Crippen LogP contribution < -0.4 is 0 Å². The summed E-state index contributed by atoms with van der Waals surface area (Å²) in [6.45, 7) is 3.96. The quantitative estimate of drug-likeness (QED) is 0.627. The van der Waals surface area contributed by atoms with Crippen LogP contribution in [0, 0.1) is 6.92 Å². The van der Waals surface area contributed by atoms with E-state index in [1.54, 1.807) is 0 Å². The van der Waals surface area contributed by atoms with Gasteiger partial charge < -0.3 is 9.80 Å². The smallest absolute Gasteiger partial charge is 0.255 e. The van der Waals surface area contributed by atoms with Crippen molar-refractivity contribution < 1.29 is 9.59 Å². The average molecular weight is 411 g/mol. The molecule has 5 rings (SSSR count). The molecule has 3 aromatic carbocycles. The van der Waals surface area contributed by atoms with E-state index in [0.29, 0.717) is 19.5 Å². The fourth-order valence-corrected chi connectivity index (χ4v) is 4.73. The molecule has 3 aromatic rings. The minimum atomic E-state index is -0.273. The Kier molecular flexibility index (Phi) is 5.06. The van der Waals surface area contributed by atoms with Gasteiger partial charge in [0, 0.05) is 25.2 Å². The molecular formula is C27H26N2O2. The highest BCUT2D eigenvalue weighted by Crippen LogP contribution is 2.34. The lowest BCUT2D eigenvalue weighted by Crippen LogP contribution is -2.39. The maximum Gasteiger partial charge on any atom is 0.255 e. The summed E-state index contributed by atoms with van der Waals surface area (Å²) in [7, 11) is 0. The third-order valence-corrected chi connectivity index (χ3v) is 6.54. The van der Waals surface area contributed by atoms with E-state index in [4.69, 9.17) is 0 Å². The maximum atomic E-state index is 13.4. The Balaban J connectivity index is 1.41. The number of rotatable bonds is 4. The Bertz CT molecular complexity index is 1140. The van der Waals surface area contributed by atoms with Gasteiger partial charge in [0.15, 0.2) is 0 Å². The van der Waals surface area contributed by atoms with Gasteiger partial charge in [-0.05, 0) is 41.7 Å². The number of amides is 2. The molecule has 4 heteroatoms. The third-order valence-electron chi connectivity index (χ3n) is 6.54. The number of fused-ring (bicyclic) bond motifs is 2. The molecule has 0 unspecified atom stereocenters.